The van der Waals surface area contributed by atoms with E-state index in [4.69, 9.17) is 16.3 Å². The Kier molecular flexibility index (Phi) is 4.51. The Morgan fingerprint density at radius 1 is 1.29 bits per heavy atom. The third kappa shape index (κ3) is 3.34. The van der Waals surface area contributed by atoms with Gasteiger partial charge in [-0.15, -0.1) is 0 Å². The van der Waals surface area contributed by atoms with Gasteiger partial charge in [-0.1, -0.05) is 29.8 Å². The molecule has 0 bridgehead atoms. The van der Waals surface area contributed by atoms with Crippen molar-refractivity contribution in [3.63, 3.8) is 0 Å². The highest BCUT2D eigenvalue weighted by atomic mass is 35.5. The smallest absolute Gasteiger partial charge is 0.299 e. The third-order valence-electron chi connectivity index (χ3n) is 3.06. The Morgan fingerprint density at radius 2 is 1.90 bits per heavy atom. The fraction of sp³-hybridized carbons (Fsp3) is 0.214. The van der Waals surface area contributed by atoms with Crippen molar-refractivity contribution in [1.29, 1.82) is 0 Å². The summed E-state index contributed by atoms with van der Waals surface area (Å²) in [6.07, 6.45) is 1.07. The topological polar surface area (TPSA) is 76.5 Å². The summed E-state index contributed by atoms with van der Waals surface area (Å²) in [4.78, 5) is 3.71. The SMILES string of the molecule is Cc1cccc(C)c1-c1cc(OCCl)c(S(=O)(=O)O)cn1. The number of hydrogen-bond donors (Lipinski definition) is 1. The molecule has 0 spiro atoms. The minimum absolute atomic E-state index is 0.0276. The van der Waals surface area contributed by atoms with Crippen molar-refractivity contribution in [2.24, 2.45) is 0 Å². The summed E-state index contributed by atoms with van der Waals surface area (Å²) >= 11 is 5.50. The lowest BCUT2D eigenvalue weighted by Gasteiger charge is -2.12. The second kappa shape index (κ2) is 6.01. The molecule has 7 heteroatoms. The molecular weight excluding hydrogens is 314 g/mol. The predicted octanol–water partition coefficient (Wildman–Crippen LogP) is 3.19. The quantitative estimate of drug-likeness (QED) is 0.689. The first-order valence-corrected chi connectivity index (χ1v) is 8.05. The normalized spacial score (nSPS) is 11.4. The summed E-state index contributed by atoms with van der Waals surface area (Å²) in [5, 5.41) is 0. The molecule has 0 saturated heterocycles. The van der Waals surface area contributed by atoms with E-state index >= 15 is 0 Å². The van der Waals surface area contributed by atoms with E-state index in [-0.39, 0.29) is 11.8 Å². The molecule has 0 radical (unpaired) electrons. The van der Waals surface area contributed by atoms with Gasteiger partial charge in [-0.25, -0.2) is 0 Å². The number of ether oxygens (including phenoxy) is 1. The third-order valence-corrected chi connectivity index (χ3v) is 4.03. The Balaban J connectivity index is 2.65. The summed E-state index contributed by atoms with van der Waals surface area (Å²) in [6, 6.07) is 7.02. The zero-order chi connectivity index (χ0) is 15.6. The maximum absolute atomic E-state index is 11.3. The van der Waals surface area contributed by atoms with Crippen LogP contribution in [0.2, 0.25) is 0 Å². The Labute approximate surface area is 128 Å². The van der Waals surface area contributed by atoms with Gasteiger partial charge in [0.2, 0.25) is 0 Å². The van der Waals surface area contributed by atoms with Crippen LogP contribution in [0.1, 0.15) is 11.1 Å². The van der Waals surface area contributed by atoms with Crippen molar-refractivity contribution in [1.82, 2.24) is 4.98 Å². The number of hydrogen-bond acceptors (Lipinski definition) is 4. The van der Waals surface area contributed by atoms with Gasteiger partial charge in [0.15, 0.2) is 11.0 Å². The van der Waals surface area contributed by atoms with Gasteiger partial charge in [-0.3, -0.25) is 9.54 Å². The standard InChI is InChI=1S/C14H14ClNO4S/c1-9-4-3-5-10(2)14(9)11-6-12(20-8-15)13(7-16-11)21(17,18)19/h3-7H,8H2,1-2H3,(H,17,18,19). The van der Waals surface area contributed by atoms with E-state index in [2.05, 4.69) is 4.98 Å². The van der Waals surface area contributed by atoms with Crippen LogP contribution in [0.4, 0.5) is 0 Å². The molecule has 2 aromatic rings. The highest BCUT2D eigenvalue weighted by molar-refractivity contribution is 7.86. The van der Waals surface area contributed by atoms with Crippen LogP contribution in [0.5, 0.6) is 5.75 Å². The lowest BCUT2D eigenvalue weighted by atomic mass is 9.99. The summed E-state index contributed by atoms with van der Waals surface area (Å²) < 4.78 is 36.9. The molecule has 1 aromatic carbocycles. The Bertz CT molecular complexity index is 754. The van der Waals surface area contributed by atoms with Crippen LogP contribution in [0.3, 0.4) is 0 Å². The van der Waals surface area contributed by atoms with Crippen LogP contribution in [-0.4, -0.2) is 24.0 Å². The molecule has 0 aliphatic heterocycles. The predicted molar refractivity (Wildman–Crippen MR) is 80.3 cm³/mol. The zero-order valence-corrected chi connectivity index (χ0v) is 13.1. The summed E-state index contributed by atoms with van der Waals surface area (Å²) in [7, 11) is -4.42. The van der Waals surface area contributed by atoms with Gasteiger partial charge in [0.25, 0.3) is 10.1 Å². The fourth-order valence-electron chi connectivity index (χ4n) is 2.14. The number of pyridine rings is 1. The van der Waals surface area contributed by atoms with Gasteiger partial charge in [0.05, 0.1) is 11.9 Å². The molecule has 0 aliphatic rings. The molecule has 0 saturated carbocycles. The van der Waals surface area contributed by atoms with Crippen LogP contribution in [0, 0.1) is 13.8 Å². The molecule has 21 heavy (non-hydrogen) atoms. The number of aryl methyl sites for hydroxylation is 2. The second-order valence-electron chi connectivity index (χ2n) is 4.51. The molecule has 0 aliphatic carbocycles. The summed E-state index contributed by atoms with van der Waals surface area (Å²) in [6.45, 7) is 3.87. The maximum atomic E-state index is 11.3. The van der Waals surface area contributed by atoms with E-state index in [9.17, 15) is 13.0 Å². The Hall–Kier alpha value is -1.63. The first-order chi connectivity index (χ1) is 9.84. The molecule has 0 fully saturated rings. The molecule has 1 N–H and O–H groups in total. The lowest BCUT2D eigenvalue weighted by molar-refractivity contribution is 0.373. The average Bonchev–Trinajstić information content (AvgIpc) is 2.37. The highest BCUT2D eigenvalue weighted by Crippen LogP contribution is 2.31. The number of benzene rings is 1. The molecule has 0 atom stereocenters. The van der Waals surface area contributed by atoms with E-state index in [0.29, 0.717) is 5.69 Å². The first-order valence-electron chi connectivity index (χ1n) is 6.07. The second-order valence-corrected chi connectivity index (χ2v) is 6.12. The summed E-state index contributed by atoms with van der Waals surface area (Å²) in [5.74, 6) is -0.0276. The van der Waals surface area contributed by atoms with Crippen molar-refractivity contribution >= 4 is 21.7 Å². The number of aromatic nitrogens is 1. The largest absolute Gasteiger partial charge is 0.476 e. The number of nitrogens with zero attached hydrogens (tertiary/aromatic N) is 1. The highest BCUT2D eigenvalue weighted by Gasteiger charge is 2.19. The van der Waals surface area contributed by atoms with Gasteiger partial charge >= 0.3 is 0 Å². The van der Waals surface area contributed by atoms with Crippen LogP contribution in [0.15, 0.2) is 35.4 Å². The van der Waals surface area contributed by atoms with Gasteiger partial charge < -0.3 is 4.74 Å². The Morgan fingerprint density at radius 3 is 2.43 bits per heavy atom. The lowest BCUT2D eigenvalue weighted by Crippen LogP contribution is -2.04. The maximum Gasteiger partial charge on any atom is 0.299 e. The van der Waals surface area contributed by atoms with Crippen molar-refractivity contribution in [2.75, 3.05) is 6.07 Å². The number of rotatable bonds is 4. The van der Waals surface area contributed by atoms with Crippen LogP contribution >= 0.6 is 11.6 Å². The van der Waals surface area contributed by atoms with E-state index in [0.717, 1.165) is 22.9 Å². The van der Waals surface area contributed by atoms with E-state index in [1.807, 2.05) is 32.0 Å². The van der Waals surface area contributed by atoms with Gasteiger partial charge in [0, 0.05) is 11.6 Å². The van der Waals surface area contributed by atoms with Crippen LogP contribution in [-0.2, 0) is 10.1 Å². The van der Waals surface area contributed by atoms with E-state index < -0.39 is 15.0 Å². The molecule has 1 heterocycles. The van der Waals surface area contributed by atoms with Gasteiger partial charge in [-0.2, -0.15) is 8.42 Å². The van der Waals surface area contributed by atoms with Crippen LogP contribution < -0.4 is 4.74 Å². The minimum Gasteiger partial charge on any atom is -0.476 e. The fourth-order valence-corrected chi connectivity index (χ4v) is 2.82. The molecule has 1 aromatic heterocycles. The van der Waals surface area contributed by atoms with E-state index in [1.165, 1.54) is 6.07 Å². The van der Waals surface area contributed by atoms with Crippen molar-refractivity contribution in [2.45, 2.75) is 18.7 Å². The molecular formula is C14H14ClNO4S. The molecule has 2 rings (SSSR count). The zero-order valence-electron chi connectivity index (χ0n) is 11.5. The molecule has 5 nitrogen and oxygen atoms in total. The summed E-state index contributed by atoms with van der Waals surface area (Å²) in [5.41, 5.74) is 3.44. The number of alkyl halides is 1. The van der Waals surface area contributed by atoms with Crippen molar-refractivity contribution in [3.05, 3.63) is 41.6 Å². The monoisotopic (exact) mass is 327 g/mol. The first kappa shape index (κ1) is 15.8. The van der Waals surface area contributed by atoms with Gasteiger partial charge in [0.1, 0.15) is 5.75 Å². The van der Waals surface area contributed by atoms with Crippen molar-refractivity contribution in [3.8, 4) is 17.0 Å². The van der Waals surface area contributed by atoms with E-state index in [1.54, 1.807) is 0 Å². The van der Waals surface area contributed by atoms with Crippen molar-refractivity contribution < 1.29 is 17.7 Å². The number of halogens is 1. The average molecular weight is 328 g/mol. The van der Waals surface area contributed by atoms with Gasteiger partial charge in [-0.05, 0) is 25.0 Å². The molecule has 0 amide bonds. The molecule has 0 unspecified atom stereocenters. The minimum atomic E-state index is -4.42. The molecule has 112 valence electrons. The van der Waals surface area contributed by atoms with Crippen LogP contribution in [0.25, 0.3) is 11.3 Å².